The second-order valence-electron chi connectivity index (χ2n) is 7.12. The normalized spacial score (nSPS) is 21.7. The molecule has 1 heterocycles. The molecule has 0 N–H and O–H groups in total. The summed E-state index contributed by atoms with van der Waals surface area (Å²) in [5.41, 5.74) is -0.0913. The molecule has 1 fully saturated rings. The molecule has 1 aromatic heterocycles. The molecular weight excluding hydrogens is 292 g/mol. The molecule has 0 radical (unpaired) electrons. The lowest BCUT2D eigenvalue weighted by atomic mass is 9.91. The first-order valence-corrected chi connectivity index (χ1v) is 8.26. The van der Waals surface area contributed by atoms with Gasteiger partial charge in [0.05, 0.1) is 36.8 Å². The molecule has 1 aliphatic carbocycles. The van der Waals surface area contributed by atoms with Gasteiger partial charge < -0.3 is 14.2 Å². The maximum atomic E-state index is 5.90. The average molecular weight is 320 g/mol. The molecule has 0 aromatic carbocycles. The van der Waals surface area contributed by atoms with Gasteiger partial charge in [-0.2, -0.15) is 0 Å². The molecule has 0 unspecified atom stereocenters. The molecule has 0 atom stereocenters. The molecule has 1 saturated carbocycles. The minimum absolute atomic E-state index is 0.0913. The Balaban J connectivity index is 1.72. The summed E-state index contributed by atoms with van der Waals surface area (Å²) in [4.78, 5) is 8.55. The zero-order valence-electron chi connectivity index (χ0n) is 14.8. The summed E-state index contributed by atoms with van der Waals surface area (Å²) in [5, 5.41) is 0. The summed E-state index contributed by atoms with van der Waals surface area (Å²) in [5.74, 6) is 1.37. The van der Waals surface area contributed by atoms with E-state index in [9.17, 15) is 0 Å². The second-order valence-corrected chi connectivity index (χ2v) is 7.12. The highest BCUT2D eigenvalue weighted by atomic mass is 16.5. The van der Waals surface area contributed by atoms with Crippen LogP contribution in [0, 0.1) is 0 Å². The van der Waals surface area contributed by atoms with Gasteiger partial charge in [0.25, 0.3) is 0 Å². The van der Waals surface area contributed by atoms with Gasteiger partial charge >= 0.3 is 0 Å². The van der Waals surface area contributed by atoms with Gasteiger partial charge in [-0.25, -0.2) is 9.97 Å². The molecule has 0 aliphatic heterocycles. The van der Waals surface area contributed by atoms with Crippen molar-refractivity contribution in [3.63, 3.8) is 0 Å². The molecule has 0 spiro atoms. The van der Waals surface area contributed by atoms with Gasteiger partial charge in [-0.15, -0.1) is 0 Å². The molecule has 2 rings (SSSR count). The van der Waals surface area contributed by atoms with Crippen LogP contribution in [0.3, 0.4) is 0 Å². The van der Waals surface area contributed by atoms with E-state index in [2.05, 4.69) is 30.7 Å². The van der Waals surface area contributed by atoms with E-state index in [1.807, 2.05) is 26.0 Å². The number of rotatable bonds is 7. The zero-order chi connectivity index (χ0) is 16.9. The van der Waals surface area contributed by atoms with E-state index in [1.165, 1.54) is 0 Å². The summed E-state index contributed by atoms with van der Waals surface area (Å²) in [6, 6.07) is 0. The Morgan fingerprint density at radius 3 is 2.39 bits per heavy atom. The van der Waals surface area contributed by atoms with Crippen LogP contribution in [0.15, 0.2) is 18.5 Å². The minimum atomic E-state index is -0.0913. The summed E-state index contributed by atoms with van der Waals surface area (Å²) in [7, 11) is 0. The summed E-state index contributed by atoms with van der Waals surface area (Å²) < 4.78 is 17.2. The van der Waals surface area contributed by atoms with E-state index in [4.69, 9.17) is 14.2 Å². The van der Waals surface area contributed by atoms with Crippen molar-refractivity contribution in [2.24, 2.45) is 0 Å². The lowest BCUT2D eigenvalue weighted by Gasteiger charge is -2.38. The third-order valence-corrected chi connectivity index (χ3v) is 3.32. The van der Waals surface area contributed by atoms with Crippen LogP contribution in [0.25, 0.3) is 6.08 Å². The fourth-order valence-electron chi connectivity index (χ4n) is 2.28. The first kappa shape index (κ1) is 17.9. The van der Waals surface area contributed by atoms with E-state index in [0.29, 0.717) is 24.3 Å². The molecule has 1 aliphatic rings. The van der Waals surface area contributed by atoms with E-state index in [-0.39, 0.29) is 17.8 Å². The predicted octanol–water partition coefficient (Wildman–Crippen LogP) is 3.64. The van der Waals surface area contributed by atoms with Crippen LogP contribution < -0.4 is 4.74 Å². The third-order valence-electron chi connectivity index (χ3n) is 3.32. The molecule has 5 heteroatoms. The number of hydrogen-bond donors (Lipinski definition) is 0. The zero-order valence-corrected chi connectivity index (χ0v) is 14.8. The van der Waals surface area contributed by atoms with Crippen molar-refractivity contribution in [2.45, 2.75) is 71.4 Å². The highest BCUT2D eigenvalue weighted by Crippen LogP contribution is 2.30. The Morgan fingerprint density at radius 1 is 1.17 bits per heavy atom. The number of hydrogen-bond acceptors (Lipinski definition) is 5. The summed E-state index contributed by atoms with van der Waals surface area (Å²) in [6.07, 6.45) is 9.76. The van der Waals surface area contributed by atoms with Crippen molar-refractivity contribution in [2.75, 3.05) is 6.61 Å². The third kappa shape index (κ3) is 6.67. The fraction of sp³-hybridized carbons (Fsp3) is 0.667. The maximum Gasteiger partial charge on any atom is 0.156 e. The number of ether oxygens (including phenoxy) is 3. The highest BCUT2D eigenvalue weighted by Gasteiger charge is 2.34. The quantitative estimate of drug-likeness (QED) is 0.768. The van der Waals surface area contributed by atoms with Crippen molar-refractivity contribution < 1.29 is 14.2 Å². The van der Waals surface area contributed by atoms with Gasteiger partial charge in [-0.05, 0) is 40.7 Å². The summed E-state index contributed by atoms with van der Waals surface area (Å²) >= 11 is 0. The fourth-order valence-corrected chi connectivity index (χ4v) is 2.28. The van der Waals surface area contributed by atoms with Crippen LogP contribution in [0.1, 0.15) is 53.3 Å². The Kier molecular flexibility index (Phi) is 6.13. The van der Waals surface area contributed by atoms with Gasteiger partial charge in [0, 0.05) is 12.8 Å². The van der Waals surface area contributed by atoms with Crippen LogP contribution in [0.5, 0.6) is 5.75 Å². The summed E-state index contributed by atoms with van der Waals surface area (Å²) in [6.45, 7) is 10.8. The topological polar surface area (TPSA) is 53.5 Å². The monoisotopic (exact) mass is 320 g/mol. The van der Waals surface area contributed by atoms with Gasteiger partial charge in [-0.3, -0.25) is 0 Å². The van der Waals surface area contributed by atoms with Crippen LogP contribution in [-0.4, -0.2) is 40.5 Å². The number of aromatic nitrogens is 2. The van der Waals surface area contributed by atoms with Crippen molar-refractivity contribution in [3.05, 3.63) is 24.3 Å². The lowest BCUT2D eigenvalue weighted by Crippen LogP contribution is -2.43. The van der Waals surface area contributed by atoms with E-state index in [0.717, 1.165) is 12.8 Å². The first-order chi connectivity index (χ1) is 10.8. The molecule has 23 heavy (non-hydrogen) atoms. The molecule has 128 valence electrons. The first-order valence-electron chi connectivity index (χ1n) is 8.26. The van der Waals surface area contributed by atoms with Crippen molar-refractivity contribution in [1.82, 2.24) is 9.97 Å². The van der Waals surface area contributed by atoms with Gasteiger partial charge in [0.2, 0.25) is 0 Å². The van der Waals surface area contributed by atoms with Crippen LogP contribution >= 0.6 is 0 Å². The predicted molar refractivity (Wildman–Crippen MR) is 90.4 cm³/mol. The Morgan fingerprint density at radius 2 is 1.83 bits per heavy atom. The molecule has 0 bridgehead atoms. The van der Waals surface area contributed by atoms with E-state index >= 15 is 0 Å². The molecule has 5 nitrogen and oxygen atoms in total. The number of nitrogens with zero attached hydrogens (tertiary/aromatic N) is 2. The molecule has 0 saturated heterocycles. The van der Waals surface area contributed by atoms with Gasteiger partial charge in [0.15, 0.2) is 11.6 Å². The Labute approximate surface area is 139 Å². The minimum Gasteiger partial charge on any atom is -0.487 e. The Bertz CT molecular complexity index is 500. The van der Waals surface area contributed by atoms with Crippen molar-refractivity contribution >= 4 is 6.08 Å². The van der Waals surface area contributed by atoms with Gasteiger partial charge in [0.1, 0.15) is 6.10 Å². The SMILES string of the molecule is CC(C)OC/C=C/c1ncc(O[C@H]2C[C@H](OC(C)(C)C)C2)cn1. The highest BCUT2D eigenvalue weighted by molar-refractivity contribution is 5.39. The molecule has 1 aromatic rings. The van der Waals surface area contributed by atoms with E-state index < -0.39 is 0 Å². The second kappa shape index (κ2) is 7.88. The van der Waals surface area contributed by atoms with Crippen molar-refractivity contribution in [1.29, 1.82) is 0 Å². The smallest absolute Gasteiger partial charge is 0.156 e. The van der Waals surface area contributed by atoms with Gasteiger partial charge in [-0.1, -0.05) is 6.08 Å². The largest absolute Gasteiger partial charge is 0.487 e. The molecule has 0 amide bonds. The Hall–Kier alpha value is -1.46. The van der Waals surface area contributed by atoms with Crippen LogP contribution in [0.2, 0.25) is 0 Å². The van der Waals surface area contributed by atoms with Crippen molar-refractivity contribution in [3.8, 4) is 5.75 Å². The van der Waals surface area contributed by atoms with Crippen LogP contribution in [0.4, 0.5) is 0 Å². The lowest BCUT2D eigenvalue weighted by molar-refractivity contribution is -0.126. The van der Waals surface area contributed by atoms with Crippen LogP contribution in [-0.2, 0) is 9.47 Å². The standard InChI is InChI=1S/C18H28N2O3/c1-13(2)21-8-6-7-17-19-11-16(12-20-17)22-14-9-15(10-14)23-18(3,4)5/h6-7,11-15H,8-10H2,1-5H3/b7-6+/t14-,15-. The molecular formula is C18H28N2O3. The van der Waals surface area contributed by atoms with E-state index in [1.54, 1.807) is 12.4 Å². The average Bonchev–Trinajstić information content (AvgIpc) is 2.41. The maximum absolute atomic E-state index is 5.90.